The van der Waals surface area contributed by atoms with Crippen molar-refractivity contribution in [1.82, 2.24) is 10.6 Å². The third-order valence-electron chi connectivity index (χ3n) is 2.57. The van der Waals surface area contributed by atoms with Gasteiger partial charge in [-0.25, -0.2) is 0 Å². The van der Waals surface area contributed by atoms with Crippen LogP contribution >= 0.6 is 0 Å². The van der Waals surface area contributed by atoms with Crippen LogP contribution in [0.5, 0.6) is 0 Å². The normalized spacial score (nSPS) is 26.0. The van der Waals surface area contributed by atoms with Crippen LogP contribution in [0.4, 0.5) is 0 Å². The molecule has 2 atom stereocenters. The van der Waals surface area contributed by atoms with Crippen molar-refractivity contribution in [2.75, 3.05) is 26.2 Å². The Morgan fingerprint density at radius 2 is 2.50 bits per heavy atom. The van der Waals surface area contributed by atoms with Crippen LogP contribution < -0.4 is 10.6 Å². The summed E-state index contributed by atoms with van der Waals surface area (Å²) in [7, 11) is 0. The molecule has 0 aliphatic carbocycles. The standard InChI is InChI=1S/C9H20N2O/c1-2-9(7-12)11-6-8-3-4-10-5-8/h8-12H,2-7H2,1H3/t8-,9+/m1/s1. The van der Waals surface area contributed by atoms with E-state index in [0.29, 0.717) is 6.04 Å². The molecule has 0 aromatic heterocycles. The molecule has 1 rings (SSSR count). The minimum atomic E-state index is 0.261. The van der Waals surface area contributed by atoms with Crippen LogP contribution in [0.2, 0.25) is 0 Å². The maximum atomic E-state index is 8.92. The van der Waals surface area contributed by atoms with Gasteiger partial charge in [0.2, 0.25) is 0 Å². The van der Waals surface area contributed by atoms with Crippen LogP contribution in [0.1, 0.15) is 19.8 Å². The lowest BCUT2D eigenvalue weighted by atomic mass is 10.1. The fourth-order valence-corrected chi connectivity index (χ4v) is 1.56. The van der Waals surface area contributed by atoms with Gasteiger partial charge in [0.15, 0.2) is 0 Å². The van der Waals surface area contributed by atoms with Gasteiger partial charge in [-0.2, -0.15) is 0 Å². The van der Waals surface area contributed by atoms with E-state index in [4.69, 9.17) is 5.11 Å². The fraction of sp³-hybridized carbons (Fsp3) is 1.00. The number of aliphatic hydroxyl groups excluding tert-OH is 1. The van der Waals surface area contributed by atoms with E-state index in [1.165, 1.54) is 6.42 Å². The van der Waals surface area contributed by atoms with E-state index in [1.807, 2.05) is 0 Å². The molecule has 0 amide bonds. The molecule has 1 aliphatic rings. The summed E-state index contributed by atoms with van der Waals surface area (Å²) in [5.74, 6) is 0.769. The molecule has 1 saturated heterocycles. The highest BCUT2D eigenvalue weighted by molar-refractivity contribution is 4.75. The van der Waals surface area contributed by atoms with E-state index in [0.717, 1.165) is 32.0 Å². The summed E-state index contributed by atoms with van der Waals surface area (Å²) >= 11 is 0. The highest BCUT2D eigenvalue weighted by Gasteiger charge is 2.15. The van der Waals surface area contributed by atoms with Gasteiger partial charge in [0.05, 0.1) is 6.61 Å². The Kier molecular flexibility index (Phi) is 4.58. The van der Waals surface area contributed by atoms with Crippen LogP contribution in [-0.2, 0) is 0 Å². The molecule has 1 aliphatic heterocycles. The number of hydrogen-bond acceptors (Lipinski definition) is 3. The molecule has 0 aromatic carbocycles. The van der Waals surface area contributed by atoms with Gasteiger partial charge in [0.25, 0.3) is 0 Å². The third-order valence-corrected chi connectivity index (χ3v) is 2.57. The van der Waals surface area contributed by atoms with Crippen molar-refractivity contribution in [3.8, 4) is 0 Å². The average Bonchev–Trinajstić information content (AvgIpc) is 2.59. The Bertz CT molecular complexity index is 107. The van der Waals surface area contributed by atoms with Crippen LogP contribution in [0.3, 0.4) is 0 Å². The molecule has 12 heavy (non-hydrogen) atoms. The second-order valence-corrected chi connectivity index (χ2v) is 3.55. The maximum absolute atomic E-state index is 8.92. The minimum Gasteiger partial charge on any atom is -0.395 e. The van der Waals surface area contributed by atoms with Gasteiger partial charge in [0.1, 0.15) is 0 Å². The zero-order valence-corrected chi connectivity index (χ0v) is 7.84. The molecule has 1 heterocycles. The first kappa shape index (κ1) is 9.96. The van der Waals surface area contributed by atoms with Gasteiger partial charge in [-0.05, 0) is 38.4 Å². The first-order valence-corrected chi connectivity index (χ1v) is 4.91. The smallest absolute Gasteiger partial charge is 0.0584 e. The Morgan fingerprint density at radius 3 is 3.00 bits per heavy atom. The van der Waals surface area contributed by atoms with Crippen molar-refractivity contribution in [3.63, 3.8) is 0 Å². The molecule has 3 nitrogen and oxygen atoms in total. The van der Waals surface area contributed by atoms with E-state index >= 15 is 0 Å². The van der Waals surface area contributed by atoms with Gasteiger partial charge in [-0.15, -0.1) is 0 Å². The van der Waals surface area contributed by atoms with Crippen molar-refractivity contribution in [2.45, 2.75) is 25.8 Å². The van der Waals surface area contributed by atoms with Gasteiger partial charge < -0.3 is 15.7 Å². The third kappa shape index (κ3) is 3.09. The van der Waals surface area contributed by atoms with Crippen LogP contribution in [-0.4, -0.2) is 37.4 Å². The molecule has 0 radical (unpaired) electrons. The molecular formula is C9H20N2O. The summed E-state index contributed by atoms with van der Waals surface area (Å²) in [6.45, 7) is 5.70. The summed E-state index contributed by atoms with van der Waals surface area (Å²) in [6, 6.07) is 0.297. The summed E-state index contributed by atoms with van der Waals surface area (Å²) in [4.78, 5) is 0. The fourth-order valence-electron chi connectivity index (χ4n) is 1.56. The predicted octanol–water partition coefficient (Wildman–Crippen LogP) is -0.0436. The Labute approximate surface area is 74.5 Å². The van der Waals surface area contributed by atoms with Crippen molar-refractivity contribution < 1.29 is 5.11 Å². The van der Waals surface area contributed by atoms with Gasteiger partial charge in [-0.1, -0.05) is 6.92 Å². The second kappa shape index (κ2) is 5.51. The first-order valence-electron chi connectivity index (χ1n) is 4.91. The minimum absolute atomic E-state index is 0.261. The second-order valence-electron chi connectivity index (χ2n) is 3.55. The Morgan fingerprint density at radius 1 is 1.67 bits per heavy atom. The summed E-state index contributed by atoms with van der Waals surface area (Å²) < 4.78 is 0. The van der Waals surface area contributed by atoms with Crippen LogP contribution in [0, 0.1) is 5.92 Å². The molecule has 3 N–H and O–H groups in total. The largest absolute Gasteiger partial charge is 0.395 e. The average molecular weight is 172 g/mol. The molecule has 0 bridgehead atoms. The first-order chi connectivity index (χ1) is 5.86. The van der Waals surface area contributed by atoms with Crippen molar-refractivity contribution in [1.29, 1.82) is 0 Å². The highest BCUT2D eigenvalue weighted by Crippen LogP contribution is 2.05. The predicted molar refractivity (Wildman–Crippen MR) is 50.1 cm³/mol. The van der Waals surface area contributed by atoms with E-state index in [1.54, 1.807) is 0 Å². The lowest BCUT2D eigenvalue weighted by Crippen LogP contribution is -2.36. The summed E-state index contributed by atoms with van der Waals surface area (Å²) in [5.41, 5.74) is 0. The highest BCUT2D eigenvalue weighted by atomic mass is 16.3. The van der Waals surface area contributed by atoms with Crippen LogP contribution in [0.15, 0.2) is 0 Å². The number of aliphatic hydroxyl groups is 1. The van der Waals surface area contributed by atoms with Crippen molar-refractivity contribution >= 4 is 0 Å². The molecule has 3 heteroatoms. The summed E-state index contributed by atoms with van der Waals surface area (Å²) in [5, 5.41) is 15.6. The van der Waals surface area contributed by atoms with Gasteiger partial charge in [0, 0.05) is 6.04 Å². The topological polar surface area (TPSA) is 44.3 Å². The van der Waals surface area contributed by atoms with Gasteiger partial charge >= 0.3 is 0 Å². The molecule has 0 aromatic rings. The lowest BCUT2D eigenvalue weighted by molar-refractivity contribution is 0.234. The van der Waals surface area contributed by atoms with Crippen molar-refractivity contribution in [3.05, 3.63) is 0 Å². The van der Waals surface area contributed by atoms with Crippen molar-refractivity contribution in [2.24, 2.45) is 5.92 Å². The van der Waals surface area contributed by atoms with E-state index in [2.05, 4.69) is 17.6 Å². The molecular weight excluding hydrogens is 152 g/mol. The maximum Gasteiger partial charge on any atom is 0.0584 e. The van der Waals surface area contributed by atoms with E-state index in [-0.39, 0.29) is 6.61 Å². The SMILES string of the molecule is CC[C@@H](CO)NC[C@@H]1CCNC1. The van der Waals surface area contributed by atoms with Crippen LogP contribution in [0.25, 0.3) is 0 Å². The molecule has 72 valence electrons. The summed E-state index contributed by atoms with van der Waals surface area (Å²) in [6.07, 6.45) is 2.28. The van der Waals surface area contributed by atoms with E-state index in [9.17, 15) is 0 Å². The zero-order chi connectivity index (χ0) is 8.81. The zero-order valence-electron chi connectivity index (χ0n) is 7.84. The number of hydrogen-bond donors (Lipinski definition) is 3. The molecule has 0 unspecified atom stereocenters. The van der Waals surface area contributed by atoms with E-state index < -0.39 is 0 Å². The monoisotopic (exact) mass is 172 g/mol. The molecule has 1 fully saturated rings. The lowest BCUT2D eigenvalue weighted by Gasteiger charge is -2.16. The quantitative estimate of drug-likeness (QED) is 0.545. The Hall–Kier alpha value is -0.120. The van der Waals surface area contributed by atoms with Gasteiger partial charge in [-0.3, -0.25) is 0 Å². The Balaban J connectivity index is 2.06. The number of nitrogens with one attached hydrogen (secondary N) is 2. The number of rotatable bonds is 5. The molecule has 0 spiro atoms. The molecule has 0 saturated carbocycles.